The second kappa shape index (κ2) is 4.35. The summed E-state index contributed by atoms with van der Waals surface area (Å²) in [6.45, 7) is 2.37. The predicted molar refractivity (Wildman–Crippen MR) is 76.3 cm³/mol. The van der Waals surface area contributed by atoms with Crippen LogP contribution >= 0.6 is 28.1 Å². The smallest absolute Gasteiger partial charge is 0.128 e. The highest BCUT2D eigenvalue weighted by Gasteiger charge is 2.36. The van der Waals surface area contributed by atoms with E-state index in [4.69, 9.17) is 12.2 Å². The number of nitrogens with zero attached hydrogens (tertiary/aromatic N) is 3. The first kappa shape index (κ1) is 12.7. The van der Waals surface area contributed by atoms with Crippen LogP contribution in [0.25, 0.3) is 0 Å². The van der Waals surface area contributed by atoms with Crippen LogP contribution in [0.15, 0.2) is 28.9 Å². The number of fused-ring (bicyclic) bond motifs is 1. The fraction of sp³-hybridized carbons (Fsp3) is 0.250. The first-order valence-electron chi connectivity index (χ1n) is 5.66. The van der Waals surface area contributed by atoms with E-state index in [2.05, 4.69) is 31.6 Å². The van der Waals surface area contributed by atoms with E-state index < -0.39 is 5.54 Å². The molecule has 2 heterocycles. The molecule has 0 bridgehead atoms. The Labute approximate surface area is 123 Å². The summed E-state index contributed by atoms with van der Waals surface area (Å²) < 4.78 is 16.6. The first-order chi connectivity index (χ1) is 8.99. The summed E-state index contributed by atoms with van der Waals surface area (Å²) in [7, 11) is 0. The van der Waals surface area contributed by atoms with Crippen molar-refractivity contribution in [2.45, 2.75) is 19.0 Å². The maximum Gasteiger partial charge on any atom is 0.128 e. The number of nitrogens with one attached hydrogen (secondary N) is 1. The number of halogens is 2. The van der Waals surface area contributed by atoms with Gasteiger partial charge in [-0.25, -0.2) is 9.07 Å². The summed E-state index contributed by atoms with van der Waals surface area (Å²) in [5.41, 5.74) is 0.652. The summed E-state index contributed by atoms with van der Waals surface area (Å²) in [6, 6.07) is 4.86. The van der Waals surface area contributed by atoms with Crippen LogP contribution in [0.2, 0.25) is 0 Å². The molecule has 0 radical (unpaired) electrons. The fourth-order valence-corrected chi connectivity index (χ4v) is 3.02. The lowest BCUT2D eigenvalue weighted by Gasteiger charge is -2.36. The Morgan fingerprint density at radius 1 is 1.53 bits per heavy atom. The minimum absolute atomic E-state index is 0.274. The number of hydrogen-bond donors (Lipinski definition) is 1. The van der Waals surface area contributed by atoms with Crippen LogP contribution in [0.4, 0.5) is 4.39 Å². The zero-order chi connectivity index (χ0) is 13.6. The van der Waals surface area contributed by atoms with Gasteiger partial charge in [-0.2, -0.15) is 0 Å². The van der Waals surface area contributed by atoms with Crippen LogP contribution in [-0.2, 0) is 12.1 Å². The molecule has 1 atom stereocenters. The maximum atomic E-state index is 14.1. The number of benzene rings is 1. The van der Waals surface area contributed by atoms with Gasteiger partial charge in [0.2, 0.25) is 0 Å². The van der Waals surface area contributed by atoms with E-state index in [1.165, 1.54) is 6.07 Å². The van der Waals surface area contributed by atoms with Crippen molar-refractivity contribution in [1.82, 2.24) is 20.3 Å². The van der Waals surface area contributed by atoms with Crippen molar-refractivity contribution in [3.63, 3.8) is 0 Å². The van der Waals surface area contributed by atoms with Gasteiger partial charge in [0.25, 0.3) is 0 Å². The summed E-state index contributed by atoms with van der Waals surface area (Å²) in [6.07, 6.45) is 1.60. The Bertz CT molecular complexity index is 671. The number of thiocarbonyl (C=S) groups is 1. The van der Waals surface area contributed by atoms with Gasteiger partial charge in [-0.15, -0.1) is 5.10 Å². The van der Waals surface area contributed by atoms with Gasteiger partial charge < -0.3 is 5.32 Å². The minimum atomic E-state index is -0.647. The Morgan fingerprint density at radius 2 is 2.32 bits per heavy atom. The second-order valence-corrected chi connectivity index (χ2v) is 6.01. The van der Waals surface area contributed by atoms with Gasteiger partial charge in [-0.3, -0.25) is 0 Å². The molecule has 19 heavy (non-hydrogen) atoms. The van der Waals surface area contributed by atoms with E-state index in [9.17, 15) is 4.39 Å². The van der Waals surface area contributed by atoms with Gasteiger partial charge in [0.05, 0.1) is 18.3 Å². The molecule has 4 nitrogen and oxygen atoms in total. The molecule has 2 aromatic rings. The summed E-state index contributed by atoms with van der Waals surface area (Å²) in [5.74, 6) is -0.274. The lowest BCUT2D eigenvalue weighted by Crippen LogP contribution is -2.51. The van der Waals surface area contributed by atoms with E-state index >= 15 is 0 Å². The average Bonchev–Trinajstić information content (AvgIpc) is 2.80. The van der Waals surface area contributed by atoms with Gasteiger partial charge in [-0.05, 0) is 25.1 Å². The van der Waals surface area contributed by atoms with E-state index in [1.807, 2.05) is 6.92 Å². The SMILES string of the molecule is C[C@@]1(c2cc(Br)ccc2F)Cn2nncc2C(=S)N1. The minimum Gasteiger partial charge on any atom is -0.363 e. The molecule has 0 unspecified atom stereocenters. The van der Waals surface area contributed by atoms with Crippen LogP contribution in [-0.4, -0.2) is 20.0 Å². The van der Waals surface area contributed by atoms with Crippen molar-refractivity contribution in [3.05, 3.63) is 45.9 Å². The van der Waals surface area contributed by atoms with Crippen LogP contribution < -0.4 is 5.32 Å². The molecule has 1 N–H and O–H groups in total. The third-order valence-corrected chi connectivity index (χ3v) is 4.03. The molecule has 0 fully saturated rings. The van der Waals surface area contributed by atoms with E-state index in [0.717, 1.165) is 10.2 Å². The average molecular weight is 341 g/mol. The molecule has 1 aromatic carbocycles. The predicted octanol–water partition coefficient (Wildman–Crippen LogP) is 2.37. The molecule has 0 saturated carbocycles. The van der Waals surface area contributed by atoms with Crippen LogP contribution in [0, 0.1) is 5.82 Å². The highest BCUT2D eigenvalue weighted by atomic mass is 79.9. The van der Waals surface area contributed by atoms with Gasteiger partial charge in [0.15, 0.2) is 0 Å². The van der Waals surface area contributed by atoms with Crippen molar-refractivity contribution in [2.75, 3.05) is 0 Å². The summed E-state index contributed by atoms with van der Waals surface area (Å²) in [5, 5.41) is 11.0. The van der Waals surface area contributed by atoms with E-state index in [-0.39, 0.29) is 5.82 Å². The third kappa shape index (κ3) is 2.06. The van der Waals surface area contributed by atoms with Crippen LogP contribution in [0.3, 0.4) is 0 Å². The van der Waals surface area contributed by atoms with Crippen LogP contribution in [0.1, 0.15) is 18.2 Å². The Kier molecular flexibility index (Phi) is 2.90. The fourth-order valence-electron chi connectivity index (χ4n) is 2.28. The quantitative estimate of drug-likeness (QED) is 0.809. The van der Waals surface area contributed by atoms with E-state index in [1.54, 1.807) is 23.0 Å². The third-order valence-electron chi connectivity index (χ3n) is 3.23. The highest BCUT2D eigenvalue weighted by molar-refractivity contribution is 9.10. The molecule has 7 heteroatoms. The molecule has 0 amide bonds. The molecule has 1 aromatic heterocycles. The molecule has 1 aliphatic rings. The molecular weight excluding hydrogens is 331 g/mol. The van der Waals surface area contributed by atoms with Gasteiger partial charge in [-0.1, -0.05) is 33.4 Å². The Hall–Kier alpha value is -1.34. The molecular formula is C12H10BrFN4S. The molecule has 0 aliphatic carbocycles. The standard InChI is InChI=1S/C12H10BrFN4S/c1-12(8-4-7(13)2-3-9(8)14)6-18-10(5-15-17-18)11(19)16-12/h2-5H,6H2,1H3,(H,16,19)/t12-/m0/s1. The zero-order valence-corrected chi connectivity index (χ0v) is 12.4. The monoisotopic (exact) mass is 340 g/mol. The van der Waals surface area contributed by atoms with Gasteiger partial charge in [0.1, 0.15) is 16.5 Å². The van der Waals surface area contributed by atoms with Gasteiger partial charge in [0, 0.05) is 10.0 Å². The summed E-state index contributed by atoms with van der Waals surface area (Å²) in [4.78, 5) is 0.526. The normalized spacial score (nSPS) is 21.9. The van der Waals surface area contributed by atoms with Crippen molar-refractivity contribution < 1.29 is 4.39 Å². The number of hydrogen-bond acceptors (Lipinski definition) is 3. The number of rotatable bonds is 1. The second-order valence-electron chi connectivity index (χ2n) is 4.69. The van der Waals surface area contributed by atoms with Gasteiger partial charge >= 0.3 is 0 Å². The van der Waals surface area contributed by atoms with Crippen molar-refractivity contribution in [1.29, 1.82) is 0 Å². The maximum absolute atomic E-state index is 14.1. The zero-order valence-electron chi connectivity index (χ0n) is 10.0. The highest BCUT2D eigenvalue weighted by Crippen LogP contribution is 2.31. The number of aromatic nitrogens is 3. The first-order valence-corrected chi connectivity index (χ1v) is 6.86. The molecule has 98 valence electrons. The largest absolute Gasteiger partial charge is 0.363 e. The Morgan fingerprint density at radius 3 is 3.11 bits per heavy atom. The van der Waals surface area contributed by atoms with Crippen molar-refractivity contribution in [2.24, 2.45) is 0 Å². The van der Waals surface area contributed by atoms with Crippen molar-refractivity contribution >= 4 is 33.1 Å². The van der Waals surface area contributed by atoms with Crippen molar-refractivity contribution in [3.8, 4) is 0 Å². The molecule has 0 saturated heterocycles. The van der Waals surface area contributed by atoms with E-state index in [0.29, 0.717) is 17.1 Å². The molecule has 3 rings (SSSR count). The molecule has 0 spiro atoms. The lowest BCUT2D eigenvalue weighted by atomic mass is 9.90. The molecule has 1 aliphatic heterocycles. The van der Waals surface area contributed by atoms with Crippen LogP contribution in [0.5, 0.6) is 0 Å². The topological polar surface area (TPSA) is 42.7 Å². The summed E-state index contributed by atoms with van der Waals surface area (Å²) >= 11 is 8.66. The Balaban J connectivity index is 2.10. The lowest BCUT2D eigenvalue weighted by molar-refractivity contribution is 0.317.